The maximum absolute atomic E-state index is 12.7. The monoisotopic (exact) mass is 371 g/mol. The molecule has 1 aromatic heterocycles. The summed E-state index contributed by atoms with van der Waals surface area (Å²) < 4.78 is 38.1. The Balaban J connectivity index is 2.41. The second-order valence-electron chi connectivity index (χ2n) is 4.47. The molecule has 7 nitrogen and oxygen atoms in total. The van der Waals surface area contributed by atoms with Gasteiger partial charge in [0.25, 0.3) is 11.5 Å². The van der Waals surface area contributed by atoms with Crippen LogP contribution in [-0.4, -0.2) is 22.0 Å². The van der Waals surface area contributed by atoms with Crippen LogP contribution in [0.2, 0.25) is 0 Å². The molecule has 0 atom stereocenters. The zero-order valence-corrected chi connectivity index (χ0v) is 12.9. The van der Waals surface area contributed by atoms with Crippen molar-refractivity contribution < 1.29 is 28.0 Å². The molecule has 130 valence electrons. The first-order chi connectivity index (χ1) is 11.7. The van der Waals surface area contributed by atoms with Crippen molar-refractivity contribution in [3.05, 3.63) is 62.5 Å². The molecule has 0 amide bonds. The van der Waals surface area contributed by atoms with Gasteiger partial charge < -0.3 is 5.11 Å². The Morgan fingerprint density at radius 1 is 1.20 bits per heavy atom. The number of hydrogen-bond acceptors (Lipinski definition) is 7. The minimum Gasteiger partial charge on any atom is -0.504 e. The number of thiophene rings is 1. The van der Waals surface area contributed by atoms with Crippen LogP contribution in [0.3, 0.4) is 0 Å². The minimum atomic E-state index is -5.25. The predicted octanol–water partition coefficient (Wildman–Crippen LogP) is 4.80. The van der Waals surface area contributed by atoms with Crippen LogP contribution in [0.15, 0.2) is 57.7 Å². The SMILES string of the molecule is O=C(C(N=Nc1ccc([N+](=O)[O-])cc1)=C(O)c1cccs1)C(F)(F)F. The van der Waals surface area contributed by atoms with Crippen LogP contribution in [-0.2, 0) is 4.79 Å². The summed E-state index contributed by atoms with van der Waals surface area (Å²) in [4.78, 5) is 21.4. The van der Waals surface area contributed by atoms with Gasteiger partial charge in [0, 0.05) is 12.1 Å². The predicted molar refractivity (Wildman–Crippen MR) is 82.5 cm³/mol. The Hall–Kier alpha value is -3.08. The molecule has 0 bridgehead atoms. The van der Waals surface area contributed by atoms with Crippen molar-refractivity contribution in [3.63, 3.8) is 0 Å². The smallest absolute Gasteiger partial charge is 0.456 e. The fourth-order valence-electron chi connectivity index (χ4n) is 1.61. The summed E-state index contributed by atoms with van der Waals surface area (Å²) in [5.74, 6) is -3.31. The number of benzene rings is 1. The zero-order chi connectivity index (χ0) is 18.6. The second kappa shape index (κ2) is 7.21. The molecule has 11 heteroatoms. The lowest BCUT2D eigenvalue weighted by Crippen LogP contribution is -2.24. The van der Waals surface area contributed by atoms with Crippen molar-refractivity contribution in [1.82, 2.24) is 0 Å². The largest absolute Gasteiger partial charge is 0.504 e. The summed E-state index contributed by atoms with van der Waals surface area (Å²) >= 11 is 0.910. The summed E-state index contributed by atoms with van der Waals surface area (Å²) in [6, 6.07) is 7.20. The number of alkyl halides is 3. The highest BCUT2D eigenvalue weighted by Gasteiger charge is 2.43. The van der Waals surface area contributed by atoms with Crippen LogP contribution >= 0.6 is 11.3 Å². The number of ketones is 1. The molecular weight excluding hydrogens is 363 g/mol. The Bertz CT molecular complexity index is 843. The number of carbonyl (C=O) groups is 1. The highest BCUT2D eigenvalue weighted by atomic mass is 32.1. The van der Waals surface area contributed by atoms with E-state index in [2.05, 4.69) is 10.2 Å². The van der Waals surface area contributed by atoms with Gasteiger partial charge in [0.2, 0.25) is 0 Å². The van der Waals surface area contributed by atoms with Gasteiger partial charge in [-0.15, -0.1) is 16.5 Å². The summed E-state index contributed by atoms with van der Waals surface area (Å²) in [5.41, 5.74) is -1.55. The Morgan fingerprint density at radius 2 is 1.84 bits per heavy atom. The number of nitro groups is 1. The van der Waals surface area contributed by atoms with Crippen LogP contribution in [0.5, 0.6) is 0 Å². The first-order valence-corrected chi connectivity index (χ1v) is 7.33. The standard InChI is InChI=1S/C14H8F3N3O4S/c15-14(16,17)13(22)11(12(21)10-2-1-7-25-10)19-18-8-3-5-9(6-4-8)20(23)24/h1-7,21H. The number of aliphatic hydroxyl groups is 1. The van der Waals surface area contributed by atoms with Crippen molar-refractivity contribution >= 4 is 34.3 Å². The fraction of sp³-hybridized carbons (Fsp3) is 0.0714. The number of carbonyl (C=O) groups excluding carboxylic acids is 1. The van der Waals surface area contributed by atoms with Crippen molar-refractivity contribution in [1.29, 1.82) is 0 Å². The number of rotatable bonds is 5. The summed E-state index contributed by atoms with van der Waals surface area (Å²) in [6.45, 7) is 0. The van der Waals surface area contributed by atoms with Crippen LogP contribution in [0.1, 0.15) is 4.88 Å². The number of nitro benzene ring substituents is 1. The molecule has 0 aliphatic carbocycles. The second-order valence-corrected chi connectivity index (χ2v) is 5.42. The van der Waals surface area contributed by atoms with E-state index in [0.717, 1.165) is 35.6 Å². The van der Waals surface area contributed by atoms with Crippen molar-refractivity contribution in [2.75, 3.05) is 0 Å². The molecule has 1 aromatic carbocycles. The van der Waals surface area contributed by atoms with Gasteiger partial charge >= 0.3 is 6.18 Å². The van der Waals surface area contributed by atoms with Crippen LogP contribution in [0.25, 0.3) is 5.76 Å². The van der Waals surface area contributed by atoms with E-state index >= 15 is 0 Å². The van der Waals surface area contributed by atoms with Gasteiger partial charge in [0.05, 0.1) is 15.5 Å². The summed E-state index contributed by atoms with van der Waals surface area (Å²) in [5, 5.41) is 28.6. The lowest BCUT2D eigenvalue weighted by molar-refractivity contribution is -0.384. The zero-order valence-electron chi connectivity index (χ0n) is 12.1. The molecule has 0 radical (unpaired) electrons. The molecule has 2 aromatic rings. The minimum absolute atomic E-state index is 0.00949. The maximum Gasteiger partial charge on any atom is 0.456 e. The molecule has 1 heterocycles. The average molecular weight is 371 g/mol. The Labute approximate surface area is 141 Å². The number of nitrogens with zero attached hydrogens (tertiary/aromatic N) is 3. The molecule has 0 saturated heterocycles. The topological polar surface area (TPSA) is 105 Å². The molecular formula is C14H8F3N3O4S. The van der Waals surface area contributed by atoms with E-state index in [9.17, 15) is 33.2 Å². The van der Waals surface area contributed by atoms with Gasteiger partial charge in [-0.3, -0.25) is 14.9 Å². The van der Waals surface area contributed by atoms with Gasteiger partial charge in [-0.05, 0) is 23.6 Å². The molecule has 1 N–H and O–H groups in total. The van der Waals surface area contributed by atoms with Crippen LogP contribution in [0, 0.1) is 10.1 Å². The molecule has 0 spiro atoms. The molecule has 0 saturated carbocycles. The maximum atomic E-state index is 12.7. The Morgan fingerprint density at radius 3 is 2.32 bits per heavy atom. The van der Waals surface area contributed by atoms with E-state index in [1.54, 1.807) is 0 Å². The lowest BCUT2D eigenvalue weighted by Gasteiger charge is -2.06. The quantitative estimate of drug-likeness (QED) is 0.268. The highest BCUT2D eigenvalue weighted by molar-refractivity contribution is 7.11. The number of allylic oxidation sites excluding steroid dienone is 1. The number of halogens is 3. The number of aliphatic hydroxyl groups excluding tert-OH is 1. The number of azo groups is 1. The van der Waals surface area contributed by atoms with E-state index in [1.165, 1.54) is 17.5 Å². The summed E-state index contributed by atoms with van der Waals surface area (Å²) in [7, 11) is 0. The Kier molecular flexibility index (Phi) is 5.27. The van der Waals surface area contributed by atoms with E-state index in [0.29, 0.717) is 0 Å². The van der Waals surface area contributed by atoms with E-state index in [1.807, 2.05) is 0 Å². The first-order valence-electron chi connectivity index (χ1n) is 6.45. The number of non-ortho nitro benzene ring substituents is 1. The summed E-state index contributed by atoms with van der Waals surface area (Å²) in [6.07, 6.45) is -5.25. The first kappa shape index (κ1) is 18.3. The van der Waals surface area contributed by atoms with Crippen LogP contribution in [0.4, 0.5) is 24.5 Å². The number of Topliss-reactive ketones (excluding diaryl/α,β-unsaturated/α-hetero) is 1. The molecule has 2 rings (SSSR count). The third-order valence-corrected chi connectivity index (χ3v) is 3.65. The fourth-order valence-corrected chi connectivity index (χ4v) is 2.28. The molecule has 0 aliphatic heterocycles. The molecule has 25 heavy (non-hydrogen) atoms. The third kappa shape index (κ3) is 4.47. The van der Waals surface area contributed by atoms with E-state index in [4.69, 9.17) is 0 Å². The van der Waals surface area contributed by atoms with Crippen LogP contribution < -0.4 is 0 Å². The van der Waals surface area contributed by atoms with Crippen molar-refractivity contribution in [2.45, 2.75) is 6.18 Å². The molecule has 0 unspecified atom stereocenters. The van der Waals surface area contributed by atoms with Gasteiger partial charge in [-0.2, -0.15) is 18.3 Å². The molecule has 0 aliphatic rings. The normalized spacial score (nSPS) is 12.9. The lowest BCUT2D eigenvalue weighted by atomic mass is 10.2. The van der Waals surface area contributed by atoms with Gasteiger partial charge in [-0.1, -0.05) is 6.07 Å². The third-order valence-electron chi connectivity index (χ3n) is 2.78. The van der Waals surface area contributed by atoms with E-state index in [-0.39, 0.29) is 16.3 Å². The van der Waals surface area contributed by atoms with Crippen molar-refractivity contribution in [2.24, 2.45) is 10.2 Å². The number of hydrogen-bond donors (Lipinski definition) is 1. The molecule has 0 fully saturated rings. The van der Waals surface area contributed by atoms with Gasteiger partial charge in [-0.25, -0.2) is 0 Å². The average Bonchev–Trinajstić information content (AvgIpc) is 3.08. The van der Waals surface area contributed by atoms with Crippen molar-refractivity contribution in [3.8, 4) is 0 Å². The van der Waals surface area contributed by atoms with E-state index < -0.39 is 28.3 Å². The van der Waals surface area contributed by atoms with Gasteiger partial charge in [0.1, 0.15) is 0 Å². The van der Waals surface area contributed by atoms with Gasteiger partial charge in [0.15, 0.2) is 11.5 Å². The highest BCUT2D eigenvalue weighted by Crippen LogP contribution is 2.29.